The van der Waals surface area contributed by atoms with E-state index in [2.05, 4.69) is 127 Å². The smallest absolute Gasteiger partial charge is 0.269 e. The summed E-state index contributed by atoms with van der Waals surface area (Å²) in [7, 11) is 1.76. The van der Waals surface area contributed by atoms with Crippen molar-refractivity contribution in [2.75, 3.05) is 30.0 Å². The topological polar surface area (TPSA) is 53.1 Å². The third kappa shape index (κ3) is 6.29. The predicted octanol–water partition coefficient (Wildman–Crippen LogP) is 12.0. The molecule has 0 N–H and O–H groups in total. The van der Waals surface area contributed by atoms with Crippen molar-refractivity contribution in [1.29, 1.82) is 5.26 Å². The molecule has 0 bridgehead atoms. The minimum absolute atomic E-state index is 0.0130. The lowest BCUT2D eigenvalue weighted by Crippen LogP contribution is -2.45. The highest BCUT2D eigenvalue weighted by atomic mass is 32.2. The molecule has 4 aliphatic heterocycles. The van der Waals surface area contributed by atoms with Crippen LogP contribution in [0.3, 0.4) is 0 Å². The van der Waals surface area contributed by atoms with Gasteiger partial charge in [0.15, 0.2) is 0 Å². The second-order valence-electron chi connectivity index (χ2n) is 15.4. The van der Waals surface area contributed by atoms with Crippen LogP contribution in [-0.4, -0.2) is 20.2 Å². The van der Waals surface area contributed by atoms with Crippen LogP contribution in [0.4, 0.5) is 22.7 Å². The summed E-state index contributed by atoms with van der Waals surface area (Å²) in [5.74, 6) is 1.96. The van der Waals surface area contributed by atoms with E-state index >= 15 is 0 Å². The molecule has 0 aromatic heterocycles. The van der Waals surface area contributed by atoms with Gasteiger partial charge in [-0.1, -0.05) is 81.9 Å². The Bertz CT molecular complexity index is 2350. The molecule has 6 nitrogen and oxygen atoms in total. The Labute approximate surface area is 322 Å². The molecule has 0 fully saturated rings. The molecule has 0 aliphatic carbocycles. The average molecular weight is 727 g/mol. The van der Waals surface area contributed by atoms with Gasteiger partial charge in [0.25, 0.3) is 5.70 Å². The number of nitriles is 1. The van der Waals surface area contributed by atoms with Gasteiger partial charge in [-0.25, -0.2) is 10.1 Å². The van der Waals surface area contributed by atoms with E-state index in [0.717, 1.165) is 59.9 Å². The summed E-state index contributed by atoms with van der Waals surface area (Å²) in [4.78, 5) is 10.8. The molecule has 0 amide bonds. The van der Waals surface area contributed by atoms with Gasteiger partial charge in [-0.15, -0.1) is 0 Å². The van der Waals surface area contributed by atoms with E-state index < -0.39 is 0 Å². The van der Waals surface area contributed by atoms with E-state index in [1.165, 1.54) is 26.6 Å². The van der Waals surface area contributed by atoms with E-state index in [-0.39, 0.29) is 16.5 Å². The fraction of sp³-hybridized carbons (Fsp3) is 0.234. The summed E-state index contributed by atoms with van der Waals surface area (Å²) < 4.78 is 12.6. The van der Waals surface area contributed by atoms with Crippen LogP contribution < -0.4 is 14.5 Å². The monoisotopic (exact) mass is 726 g/mol. The molecule has 8 rings (SSSR count). The minimum Gasteiger partial charge on any atom is -0.496 e. The molecular formula is C47H42N4O2S. The summed E-state index contributed by atoms with van der Waals surface area (Å²) in [6.45, 7) is 19.1. The molecule has 7 heteroatoms. The first-order valence-electron chi connectivity index (χ1n) is 18.4. The Morgan fingerprint density at radius 3 is 2.07 bits per heavy atom. The van der Waals surface area contributed by atoms with Gasteiger partial charge in [0, 0.05) is 45.4 Å². The fourth-order valence-corrected chi connectivity index (χ4v) is 9.04. The number of fused-ring (bicyclic) bond motifs is 2. The fourth-order valence-electron chi connectivity index (χ4n) is 7.98. The molecule has 0 atom stereocenters. The SMILES string of the molecule is [C-]#[N+]C(C#N)=C1C=C(C=Cc2ccc(N3c4ccccc4Sc4ccccc43)cc2)OC(C=Cc2cc3c4c(c2OC)C(C)(C)CCN4CCC3(C)C)=C1. The summed E-state index contributed by atoms with van der Waals surface area (Å²) >= 11 is 1.79. The van der Waals surface area contributed by atoms with Crippen molar-refractivity contribution in [2.45, 2.75) is 61.2 Å². The van der Waals surface area contributed by atoms with Crippen molar-refractivity contribution < 1.29 is 9.47 Å². The Morgan fingerprint density at radius 2 is 1.46 bits per heavy atom. The second kappa shape index (κ2) is 13.8. The van der Waals surface area contributed by atoms with Crippen molar-refractivity contribution >= 4 is 46.7 Å². The third-order valence-electron chi connectivity index (χ3n) is 11.0. The number of hydrogen-bond acceptors (Lipinski definition) is 6. The number of anilines is 4. The van der Waals surface area contributed by atoms with Crippen LogP contribution in [0.25, 0.3) is 17.0 Å². The maximum absolute atomic E-state index is 9.80. The normalized spacial score (nSPS) is 18.7. The first kappa shape index (κ1) is 35.2. The second-order valence-corrected chi connectivity index (χ2v) is 16.5. The van der Waals surface area contributed by atoms with Crippen LogP contribution >= 0.6 is 11.8 Å². The van der Waals surface area contributed by atoms with Gasteiger partial charge in [0.2, 0.25) is 0 Å². The molecule has 0 unspecified atom stereocenters. The standard InChI is InChI=1S/C47H42N4O2S/c1-46(2)23-25-50-26-24-47(3,4)43-44(50)37(46)29-32(45(43)52-6)18-22-36-28-33(38(30-48)49-5)27-35(53-36)21-17-31-15-19-34(20-16-31)51-39-11-7-9-13-41(39)54-42-14-10-8-12-40(42)51/h7-22,27-29H,23-26H2,1-4,6H3. The van der Waals surface area contributed by atoms with Crippen LogP contribution in [0, 0.1) is 17.9 Å². The summed E-state index contributed by atoms with van der Waals surface area (Å²) in [6, 6.07) is 29.8. The highest BCUT2D eigenvalue weighted by Gasteiger charge is 2.42. The van der Waals surface area contributed by atoms with Crippen molar-refractivity contribution in [3.63, 3.8) is 0 Å². The molecule has 4 aromatic rings. The third-order valence-corrected chi connectivity index (χ3v) is 12.1. The van der Waals surface area contributed by atoms with Gasteiger partial charge in [0.05, 0.1) is 31.1 Å². The zero-order valence-corrected chi connectivity index (χ0v) is 32.1. The molecule has 4 aromatic carbocycles. The lowest BCUT2D eigenvalue weighted by Gasteiger charge is -2.48. The molecule has 4 aliphatic rings. The van der Waals surface area contributed by atoms with Gasteiger partial charge >= 0.3 is 0 Å². The van der Waals surface area contributed by atoms with Crippen LogP contribution in [0.5, 0.6) is 5.75 Å². The van der Waals surface area contributed by atoms with Crippen LogP contribution in [-0.2, 0) is 15.6 Å². The zero-order valence-electron chi connectivity index (χ0n) is 31.3. The number of hydrogen-bond donors (Lipinski definition) is 0. The molecular weight excluding hydrogens is 685 g/mol. The largest absolute Gasteiger partial charge is 0.496 e. The van der Waals surface area contributed by atoms with Crippen LogP contribution in [0.1, 0.15) is 62.8 Å². The Balaban J connectivity index is 1.10. The molecule has 54 heavy (non-hydrogen) atoms. The molecule has 0 saturated carbocycles. The minimum atomic E-state index is -0.0439. The predicted molar refractivity (Wildman–Crippen MR) is 220 cm³/mol. The lowest BCUT2D eigenvalue weighted by molar-refractivity contribution is 0.332. The lowest BCUT2D eigenvalue weighted by atomic mass is 9.68. The van der Waals surface area contributed by atoms with E-state index in [0.29, 0.717) is 17.1 Å². The summed E-state index contributed by atoms with van der Waals surface area (Å²) in [6.07, 6.45) is 13.5. The summed E-state index contributed by atoms with van der Waals surface area (Å²) in [5, 5.41) is 9.80. The Kier molecular flexibility index (Phi) is 9.00. The Hall–Kier alpha value is -5.89. The maximum Gasteiger partial charge on any atom is 0.269 e. The van der Waals surface area contributed by atoms with Gasteiger partial charge in [-0.3, -0.25) is 0 Å². The number of rotatable bonds is 6. The first-order chi connectivity index (χ1) is 26.1. The van der Waals surface area contributed by atoms with E-state index in [4.69, 9.17) is 16.0 Å². The van der Waals surface area contributed by atoms with Gasteiger partial charge < -0.3 is 19.3 Å². The number of benzene rings is 4. The van der Waals surface area contributed by atoms with Crippen molar-refractivity contribution in [1.82, 2.24) is 0 Å². The molecule has 4 heterocycles. The van der Waals surface area contributed by atoms with Crippen molar-refractivity contribution in [3.05, 3.63) is 160 Å². The quantitative estimate of drug-likeness (QED) is 0.128. The molecule has 268 valence electrons. The Morgan fingerprint density at radius 1 is 0.852 bits per heavy atom. The average Bonchev–Trinajstić information content (AvgIpc) is 3.18. The highest BCUT2D eigenvalue weighted by Crippen LogP contribution is 2.54. The zero-order chi connectivity index (χ0) is 37.6. The van der Waals surface area contributed by atoms with Crippen molar-refractivity contribution in [2.24, 2.45) is 0 Å². The molecule has 0 radical (unpaired) electrons. The van der Waals surface area contributed by atoms with E-state index in [1.54, 1.807) is 31.0 Å². The first-order valence-corrected chi connectivity index (χ1v) is 19.2. The summed E-state index contributed by atoms with van der Waals surface area (Å²) in [5.41, 5.74) is 9.82. The number of nitrogens with zero attached hydrogens (tertiary/aromatic N) is 4. The van der Waals surface area contributed by atoms with Gasteiger partial charge in [0.1, 0.15) is 17.3 Å². The van der Waals surface area contributed by atoms with E-state index in [1.807, 2.05) is 24.3 Å². The number of ether oxygens (including phenoxy) is 2. The van der Waals surface area contributed by atoms with Crippen LogP contribution in [0.2, 0.25) is 0 Å². The number of para-hydroxylation sites is 2. The van der Waals surface area contributed by atoms with Gasteiger partial charge in [-0.05, 0) is 113 Å². The van der Waals surface area contributed by atoms with Crippen molar-refractivity contribution in [3.8, 4) is 11.8 Å². The number of allylic oxidation sites excluding steroid dienone is 6. The highest BCUT2D eigenvalue weighted by molar-refractivity contribution is 7.99. The molecule has 0 saturated heterocycles. The van der Waals surface area contributed by atoms with E-state index in [9.17, 15) is 5.26 Å². The van der Waals surface area contributed by atoms with Crippen LogP contribution in [0.15, 0.2) is 136 Å². The maximum atomic E-state index is 9.80. The number of methoxy groups -OCH3 is 1. The molecule has 0 spiro atoms. The van der Waals surface area contributed by atoms with Gasteiger partial charge in [-0.2, -0.15) is 0 Å².